The van der Waals surface area contributed by atoms with Crippen LogP contribution in [-0.4, -0.2) is 79.9 Å². The van der Waals surface area contributed by atoms with Gasteiger partial charge in [-0.3, -0.25) is 4.99 Å². The van der Waals surface area contributed by atoms with Gasteiger partial charge in [-0.25, -0.2) is 0 Å². The van der Waals surface area contributed by atoms with Crippen molar-refractivity contribution < 1.29 is 0 Å². The topological polar surface area (TPSA) is 42.9 Å². The predicted octanol–water partition coefficient (Wildman–Crippen LogP) is 2.89. The first-order valence-electron chi connectivity index (χ1n) is 10.9. The van der Waals surface area contributed by atoms with Crippen LogP contribution in [0.25, 0.3) is 0 Å². The fraction of sp³-hybridized carbons (Fsp3) is 0.682. The Hall–Kier alpha value is -1.24. The Bertz CT molecular complexity index is 594. The molecule has 2 fully saturated rings. The molecule has 0 spiro atoms. The predicted molar refractivity (Wildman–Crippen MR) is 121 cm³/mol. The molecule has 1 aliphatic heterocycles. The molecule has 1 aromatic carbocycles. The molecular formula is C22H37N5S. The Labute approximate surface area is 175 Å². The molecule has 156 valence electrons. The summed E-state index contributed by atoms with van der Waals surface area (Å²) in [5, 5.41) is 7.04. The summed E-state index contributed by atoms with van der Waals surface area (Å²) in [5.41, 5.74) is 0. The minimum atomic E-state index is 0.347. The van der Waals surface area contributed by atoms with Crippen molar-refractivity contribution in [1.82, 2.24) is 20.4 Å². The van der Waals surface area contributed by atoms with Gasteiger partial charge in [0.05, 0.1) is 0 Å². The summed E-state index contributed by atoms with van der Waals surface area (Å²) in [6, 6.07) is 10.7. The highest BCUT2D eigenvalue weighted by atomic mass is 32.2. The van der Waals surface area contributed by atoms with Gasteiger partial charge in [-0.2, -0.15) is 0 Å². The second-order valence-electron chi connectivity index (χ2n) is 7.93. The number of hydrogen-bond acceptors (Lipinski definition) is 4. The van der Waals surface area contributed by atoms with Crippen LogP contribution in [0.4, 0.5) is 0 Å². The lowest BCUT2D eigenvalue weighted by Crippen LogP contribution is -2.46. The van der Waals surface area contributed by atoms with Crippen LogP contribution < -0.4 is 10.6 Å². The molecule has 1 saturated heterocycles. The lowest BCUT2D eigenvalue weighted by Gasteiger charge is -2.34. The van der Waals surface area contributed by atoms with Gasteiger partial charge in [-0.05, 0) is 50.9 Å². The number of guanidine groups is 1. The van der Waals surface area contributed by atoms with Crippen LogP contribution in [-0.2, 0) is 0 Å². The molecule has 2 N–H and O–H groups in total. The van der Waals surface area contributed by atoms with Gasteiger partial charge in [0.15, 0.2) is 5.96 Å². The fourth-order valence-electron chi connectivity index (χ4n) is 3.65. The number of nitrogens with one attached hydrogen (secondary N) is 2. The van der Waals surface area contributed by atoms with Gasteiger partial charge in [0, 0.05) is 56.0 Å². The number of nitrogens with zero attached hydrogens (tertiary/aromatic N) is 3. The number of likely N-dealkylation sites (N-methyl/N-ethyl adjacent to an activating group) is 1. The minimum absolute atomic E-state index is 0.347. The van der Waals surface area contributed by atoms with Gasteiger partial charge in [-0.1, -0.05) is 25.1 Å². The maximum absolute atomic E-state index is 4.40. The molecule has 5 nitrogen and oxygen atoms in total. The van der Waals surface area contributed by atoms with Crippen LogP contribution >= 0.6 is 11.8 Å². The quantitative estimate of drug-likeness (QED) is 0.357. The van der Waals surface area contributed by atoms with E-state index in [-0.39, 0.29) is 0 Å². The zero-order valence-electron chi connectivity index (χ0n) is 17.6. The molecule has 0 amide bonds. The number of thioether (sulfide) groups is 1. The third kappa shape index (κ3) is 6.98. The van der Waals surface area contributed by atoms with E-state index in [0.29, 0.717) is 4.75 Å². The molecule has 2 aliphatic rings. The normalized spacial score (nSPS) is 20.1. The maximum Gasteiger partial charge on any atom is 0.191 e. The first-order chi connectivity index (χ1) is 13.7. The number of hydrogen-bond donors (Lipinski definition) is 2. The van der Waals surface area contributed by atoms with Crippen molar-refractivity contribution in [3.8, 4) is 0 Å². The summed E-state index contributed by atoms with van der Waals surface area (Å²) in [5.74, 6) is 0.941. The molecule has 1 heterocycles. The molecule has 0 bridgehead atoms. The largest absolute Gasteiger partial charge is 0.356 e. The third-order valence-electron chi connectivity index (χ3n) is 5.79. The number of piperazine rings is 1. The van der Waals surface area contributed by atoms with Crippen molar-refractivity contribution >= 4 is 17.7 Å². The molecule has 3 rings (SSSR count). The van der Waals surface area contributed by atoms with E-state index >= 15 is 0 Å². The second-order valence-corrected chi connectivity index (χ2v) is 9.48. The number of rotatable bonds is 10. The fourth-order valence-corrected chi connectivity index (χ4v) is 4.90. The highest BCUT2D eigenvalue weighted by molar-refractivity contribution is 8.01. The number of aliphatic imine (C=N–C) groups is 1. The molecule has 1 aromatic rings. The smallest absolute Gasteiger partial charge is 0.191 e. The van der Waals surface area contributed by atoms with Crippen LogP contribution in [0.15, 0.2) is 40.2 Å². The molecule has 28 heavy (non-hydrogen) atoms. The monoisotopic (exact) mass is 403 g/mol. The Kier molecular flexibility index (Phi) is 8.49. The van der Waals surface area contributed by atoms with E-state index in [1.807, 2.05) is 18.8 Å². The molecule has 0 unspecified atom stereocenters. The van der Waals surface area contributed by atoms with Crippen molar-refractivity contribution in [2.24, 2.45) is 4.99 Å². The van der Waals surface area contributed by atoms with Crippen molar-refractivity contribution in [3.63, 3.8) is 0 Å². The van der Waals surface area contributed by atoms with Crippen LogP contribution in [0, 0.1) is 0 Å². The standard InChI is InChI=1S/C22H37N5S/c1-3-26-15-17-27(18-16-26)14-8-7-13-24-21(23-2)25-19-22(11-12-22)28-20-9-5-4-6-10-20/h4-6,9-10H,3,7-8,11-19H2,1-2H3,(H2,23,24,25). The van der Waals surface area contributed by atoms with Gasteiger partial charge in [0.1, 0.15) is 0 Å². The SMILES string of the molecule is CCN1CCN(CCCCNC(=NC)NCC2(Sc3ccccc3)CC2)CC1. The van der Waals surface area contributed by atoms with Gasteiger partial charge in [-0.15, -0.1) is 11.8 Å². The van der Waals surface area contributed by atoms with Crippen LogP contribution in [0.2, 0.25) is 0 Å². The Balaban J connectivity index is 1.27. The first-order valence-corrected chi connectivity index (χ1v) is 11.7. The number of benzene rings is 1. The summed E-state index contributed by atoms with van der Waals surface area (Å²) in [7, 11) is 1.87. The Morgan fingerprint density at radius 2 is 1.75 bits per heavy atom. The highest BCUT2D eigenvalue weighted by Gasteiger charge is 2.43. The van der Waals surface area contributed by atoms with E-state index in [1.165, 1.54) is 69.8 Å². The average molecular weight is 404 g/mol. The zero-order valence-corrected chi connectivity index (χ0v) is 18.4. The summed E-state index contributed by atoms with van der Waals surface area (Å²) in [4.78, 5) is 10.9. The molecular weight excluding hydrogens is 366 g/mol. The lowest BCUT2D eigenvalue weighted by atomic mass is 10.2. The van der Waals surface area contributed by atoms with Gasteiger partial charge in [0.2, 0.25) is 0 Å². The lowest BCUT2D eigenvalue weighted by molar-refractivity contribution is 0.136. The molecule has 1 aliphatic carbocycles. The second kappa shape index (κ2) is 11.1. The van der Waals surface area contributed by atoms with Crippen molar-refractivity contribution in [3.05, 3.63) is 30.3 Å². The highest BCUT2D eigenvalue weighted by Crippen LogP contribution is 2.51. The van der Waals surface area contributed by atoms with Crippen LogP contribution in [0.5, 0.6) is 0 Å². The summed E-state index contributed by atoms with van der Waals surface area (Å²) in [6.07, 6.45) is 5.01. The molecule has 0 radical (unpaired) electrons. The Morgan fingerprint density at radius 1 is 1.04 bits per heavy atom. The van der Waals surface area contributed by atoms with Gasteiger partial charge in [0.25, 0.3) is 0 Å². The van der Waals surface area contributed by atoms with Crippen LogP contribution in [0.3, 0.4) is 0 Å². The van der Waals surface area contributed by atoms with E-state index in [2.05, 4.69) is 62.7 Å². The number of unbranched alkanes of at least 4 members (excludes halogenated alkanes) is 1. The van der Waals surface area contributed by atoms with Crippen LogP contribution in [0.1, 0.15) is 32.6 Å². The average Bonchev–Trinajstić information content (AvgIpc) is 3.50. The van der Waals surface area contributed by atoms with E-state index in [9.17, 15) is 0 Å². The van der Waals surface area contributed by atoms with Crippen molar-refractivity contribution in [1.29, 1.82) is 0 Å². The van der Waals surface area contributed by atoms with E-state index in [1.54, 1.807) is 0 Å². The van der Waals surface area contributed by atoms with Gasteiger partial charge >= 0.3 is 0 Å². The molecule has 6 heteroatoms. The van der Waals surface area contributed by atoms with E-state index in [4.69, 9.17) is 0 Å². The molecule has 0 aromatic heterocycles. The first kappa shape index (κ1) is 21.5. The Morgan fingerprint density at radius 3 is 2.39 bits per heavy atom. The van der Waals surface area contributed by atoms with Gasteiger partial charge < -0.3 is 20.4 Å². The molecule has 0 atom stereocenters. The summed E-state index contributed by atoms with van der Waals surface area (Å²) < 4.78 is 0.347. The van der Waals surface area contributed by atoms with Crippen molar-refractivity contribution in [2.75, 3.05) is 59.4 Å². The summed E-state index contributed by atoms with van der Waals surface area (Å²) >= 11 is 2.00. The maximum atomic E-state index is 4.40. The van der Waals surface area contributed by atoms with E-state index < -0.39 is 0 Å². The zero-order chi connectivity index (χ0) is 19.7. The van der Waals surface area contributed by atoms with Crippen molar-refractivity contribution in [2.45, 2.75) is 42.2 Å². The van der Waals surface area contributed by atoms with E-state index in [0.717, 1.165) is 19.0 Å². The molecule has 1 saturated carbocycles. The summed E-state index contributed by atoms with van der Waals surface area (Å²) in [6.45, 7) is 11.6. The third-order valence-corrected chi connectivity index (χ3v) is 7.29. The minimum Gasteiger partial charge on any atom is -0.356 e.